The van der Waals surface area contributed by atoms with Crippen LogP contribution in [-0.4, -0.2) is 31.3 Å². The van der Waals surface area contributed by atoms with Crippen molar-refractivity contribution < 1.29 is 22.7 Å². The van der Waals surface area contributed by atoms with Gasteiger partial charge in [0.1, 0.15) is 0 Å². The van der Waals surface area contributed by atoms with Crippen molar-refractivity contribution in [1.82, 2.24) is 4.57 Å². The van der Waals surface area contributed by atoms with Crippen LogP contribution in [0.5, 0.6) is 0 Å². The van der Waals surface area contributed by atoms with Gasteiger partial charge in [0.05, 0.1) is 11.3 Å². The van der Waals surface area contributed by atoms with E-state index in [-0.39, 0.29) is 23.7 Å². The van der Waals surface area contributed by atoms with Gasteiger partial charge in [-0.2, -0.15) is 0 Å². The Kier molecular flexibility index (Phi) is 6.66. The summed E-state index contributed by atoms with van der Waals surface area (Å²) < 4.78 is 30.0. The number of nitrogens with two attached hydrogens (primary N) is 1. The van der Waals surface area contributed by atoms with Gasteiger partial charge in [-0.05, 0) is 74.7 Å². The second-order valence-electron chi connectivity index (χ2n) is 7.84. The Balaban J connectivity index is 1.71. The summed E-state index contributed by atoms with van der Waals surface area (Å²) in [7, 11) is -3.78. The standard InChI is InChI=1S/C24H26N2O5S/c1-15-5-6-19(11-16(15)2)13-24(28)31-14-23(27)22-12-17(3)26(18(22)4)20-7-9-21(10-8-20)32(25,29)30/h5-12H,13-14H2,1-4H3,(H2,25,29,30). The fraction of sp³-hybridized carbons (Fsp3) is 0.250. The molecule has 0 radical (unpaired) electrons. The van der Waals surface area contributed by atoms with Gasteiger partial charge in [-0.25, -0.2) is 13.6 Å². The summed E-state index contributed by atoms with van der Waals surface area (Å²) in [6, 6.07) is 13.6. The van der Waals surface area contributed by atoms with E-state index in [0.717, 1.165) is 22.4 Å². The predicted octanol–water partition coefficient (Wildman–Crippen LogP) is 3.33. The van der Waals surface area contributed by atoms with Crippen LogP contribution in [-0.2, 0) is 26.0 Å². The van der Waals surface area contributed by atoms with Gasteiger partial charge in [-0.1, -0.05) is 18.2 Å². The van der Waals surface area contributed by atoms with Crippen molar-refractivity contribution in [2.45, 2.75) is 39.0 Å². The fourth-order valence-electron chi connectivity index (χ4n) is 3.58. The van der Waals surface area contributed by atoms with E-state index in [4.69, 9.17) is 9.88 Å². The van der Waals surface area contributed by atoms with Crippen LogP contribution in [0.1, 0.15) is 38.4 Å². The summed E-state index contributed by atoms with van der Waals surface area (Å²) in [6.07, 6.45) is 0.101. The first-order valence-electron chi connectivity index (χ1n) is 10.0. The molecule has 0 aliphatic carbocycles. The van der Waals surface area contributed by atoms with Crippen LogP contribution in [0, 0.1) is 27.7 Å². The van der Waals surface area contributed by atoms with Crippen molar-refractivity contribution in [3.8, 4) is 5.69 Å². The highest BCUT2D eigenvalue weighted by atomic mass is 32.2. The molecule has 0 amide bonds. The molecular weight excluding hydrogens is 428 g/mol. The van der Waals surface area contributed by atoms with Gasteiger partial charge in [-0.15, -0.1) is 0 Å². The van der Waals surface area contributed by atoms with Crippen molar-refractivity contribution in [2.75, 3.05) is 6.61 Å². The van der Waals surface area contributed by atoms with E-state index in [1.165, 1.54) is 12.1 Å². The second kappa shape index (κ2) is 9.10. The van der Waals surface area contributed by atoms with Crippen molar-refractivity contribution in [2.24, 2.45) is 5.14 Å². The number of benzene rings is 2. The Labute approximate surface area is 187 Å². The van der Waals surface area contributed by atoms with Crippen LogP contribution >= 0.6 is 0 Å². The van der Waals surface area contributed by atoms with Gasteiger partial charge in [-0.3, -0.25) is 9.59 Å². The maximum absolute atomic E-state index is 12.7. The van der Waals surface area contributed by atoms with Gasteiger partial charge in [0.15, 0.2) is 6.61 Å². The maximum atomic E-state index is 12.7. The first kappa shape index (κ1) is 23.4. The van der Waals surface area contributed by atoms with Crippen LogP contribution < -0.4 is 5.14 Å². The number of primary sulfonamides is 1. The lowest BCUT2D eigenvalue weighted by Gasteiger charge is -2.11. The van der Waals surface area contributed by atoms with Gasteiger partial charge in [0.25, 0.3) is 0 Å². The molecule has 2 N–H and O–H groups in total. The number of Topliss-reactive ketones (excluding diaryl/α,β-unsaturated/α-hetero) is 1. The Hall–Kier alpha value is -3.23. The first-order valence-corrected chi connectivity index (χ1v) is 11.6. The molecule has 7 nitrogen and oxygen atoms in total. The number of ether oxygens (including phenoxy) is 1. The Bertz CT molecular complexity index is 1290. The van der Waals surface area contributed by atoms with Crippen LogP contribution in [0.3, 0.4) is 0 Å². The lowest BCUT2D eigenvalue weighted by atomic mass is 10.0. The number of hydrogen-bond acceptors (Lipinski definition) is 5. The third-order valence-corrected chi connectivity index (χ3v) is 6.37. The molecule has 3 aromatic rings. The quantitative estimate of drug-likeness (QED) is 0.435. The summed E-state index contributed by atoms with van der Waals surface area (Å²) in [5, 5.41) is 5.15. The molecule has 168 valence electrons. The number of hydrogen-bond donors (Lipinski definition) is 1. The normalized spacial score (nSPS) is 11.4. The van der Waals surface area contributed by atoms with Crippen molar-refractivity contribution in [1.29, 1.82) is 0 Å². The summed E-state index contributed by atoms with van der Waals surface area (Å²) in [5.74, 6) is -0.770. The molecule has 32 heavy (non-hydrogen) atoms. The van der Waals surface area contributed by atoms with E-state index in [9.17, 15) is 18.0 Å². The molecule has 0 spiro atoms. The minimum atomic E-state index is -3.78. The van der Waals surface area contributed by atoms with Crippen LogP contribution in [0.2, 0.25) is 0 Å². The fourth-order valence-corrected chi connectivity index (χ4v) is 4.10. The van der Waals surface area contributed by atoms with Crippen LogP contribution in [0.25, 0.3) is 5.69 Å². The largest absolute Gasteiger partial charge is 0.457 e. The number of rotatable bonds is 7. The zero-order chi connectivity index (χ0) is 23.6. The Morgan fingerprint density at radius 1 is 0.938 bits per heavy atom. The molecule has 0 aliphatic rings. The molecule has 2 aromatic carbocycles. The molecule has 0 saturated heterocycles. The van der Waals surface area contributed by atoms with Crippen molar-refractivity contribution in [3.63, 3.8) is 0 Å². The van der Waals surface area contributed by atoms with Gasteiger partial charge < -0.3 is 9.30 Å². The smallest absolute Gasteiger partial charge is 0.310 e. The number of aryl methyl sites for hydroxylation is 3. The van der Waals surface area contributed by atoms with E-state index in [0.29, 0.717) is 16.9 Å². The number of aromatic nitrogens is 1. The lowest BCUT2D eigenvalue weighted by Crippen LogP contribution is -2.16. The molecule has 0 aliphatic heterocycles. The molecule has 1 aromatic heterocycles. The zero-order valence-corrected chi connectivity index (χ0v) is 19.3. The molecule has 0 saturated carbocycles. The molecular formula is C24H26N2O5S. The van der Waals surface area contributed by atoms with E-state index in [1.54, 1.807) is 25.1 Å². The number of ketones is 1. The molecule has 0 atom stereocenters. The minimum absolute atomic E-state index is 0.00990. The molecule has 1 heterocycles. The maximum Gasteiger partial charge on any atom is 0.310 e. The molecule has 8 heteroatoms. The number of nitrogens with zero attached hydrogens (tertiary/aromatic N) is 1. The van der Waals surface area contributed by atoms with Gasteiger partial charge >= 0.3 is 5.97 Å². The summed E-state index contributed by atoms with van der Waals surface area (Å²) >= 11 is 0. The predicted molar refractivity (Wildman–Crippen MR) is 122 cm³/mol. The van der Waals surface area contributed by atoms with E-state index < -0.39 is 16.0 Å². The minimum Gasteiger partial charge on any atom is -0.457 e. The van der Waals surface area contributed by atoms with Gasteiger partial charge in [0, 0.05) is 22.6 Å². The highest BCUT2D eigenvalue weighted by Gasteiger charge is 2.19. The summed E-state index contributed by atoms with van der Waals surface area (Å²) in [6.45, 7) is 7.25. The van der Waals surface area contributed by atoms with E-state index in [2.05, 4.69) is 0 Å². The molecule has 0 unspecified atom stereocenters. The average molecular weight is 455 g/mol. The number of sulfonamides is 1. The van der Waals surface area contributed by atoms with E-state index >= 15 is 0 Å². The highest BCUT2D eigenvalue weighted by molar-refractivity contribution is 7.89. The topological polar surface area (TPSA) is 108 Å². The van der Waals surface area contributed by atoms with Crippen LogP contribution in [0.4, 0.5) is 0 Å². The SMILES string of the molecule is Cc1ccc(CC(=O)OCC(=O)c2cc(C)n(-c3ccc(S(N)(=O)=O)cc3)c2C)cc1C. The lowest BCUT2D eigenvalue weighted by molar-refractivity contribution is -0.141. The molecule has 3 rings (SSSR count). The number of esters is 1. The van der Waals surface area contributed by atoms with Gasteiger partial charge in [0.2, 0.25) is 15.8 Å². The van der Waals surface area contributed by atoms with E-state index in [1.807, 2.05) is 43.5 Å². The summed E-state index contributed by atoms with van der Waals surface area (Å²) in [5.41, 5.74) is 5.67. The number of carbonyl (C=O) groups is 2. The average Bonchev–Trinajstić information content (AvgIpc) is 3.02. The van der Waals surface area contributed by atoms with Crippen molar-refractivity contribution >= 4 is 21.8 Å². The summed E-state index contributed by atoms with van der Waals surface area (Å²) in [4.78, 5) is 24.9. The number of carbonyl (C=O) groups excluding carboxylic acids is 2. The second-order valence-corrected chi connectivity index (χ2v) is 9.40. The third kappa shape index (κ3) is 5.15. The monoisotopic (exact) mass is 454 g/mol. The Morgan fingerprint density at radius 3 is 2.19 bits per heavy atom. The van der Waals surface area contributed by atoms with Crippen LogP contribution in [0.15, 0.2) is 53.4 Å². The molecule has 0 fully saturated rings. The van der Waals surface area contributed by atoms with Crippen molar-refractivity contribution in [3.05, 3.63) is 82.2 Å². The highest BCUT2D eigenvalue weighted by Crippen LogP contribution is 2.22. The Morgan fingerprint density at radius 2 is 1.59 bits per heavy atom. The third-order valence-electron chi connectivity index (χ3n) is 5.44. The molecule has 0 bridgehead atoms. The first-order chi connectivity index (χ1) is 15.0. The zero-order valence-electron chi connectivity index (χ0n) is 18.5.